The van der Waals surface area contributed by atoms with Crippen molar-refractivity contribution in [1.82, 2.24) is 5.32 Å². The van der Waals surface area contributed by atoms with Crippen LogP contribution in [-0.4, -0.2) is 24.7 Å². The predicted molar refractivity (Wildman–Crippen MR) is 82.2 cm³/mol. The van der Waals surface area contributed by atoms with Crippen LogP contribution in [0.3, 0.4) is 0 Å². The summed E-state index contributed by atoms with van der Waals surface area (Å²) in [4.78, 5) is 2.22. The summed E-state index contributed by atoms with van der Waals surface area (Å²) in [7, 11) is 0. The fourth-order valence-corrected chi connectivity index (χ4v) is 2.97. The quantitative estimate of drug-likeness (QED) is 0.903. The molecule has 0 aliphatic carbocycles. The number of hydrogen-bond donors (Lipinski definition) is 1. The van der Waals surface area contributed by atoms with Crippen molar-refractivity contribution in [3.63, 3.8) is 0 Å². The van der Waals surface area contributed by atoms with Crippen LogP contribution in [-0.2, 0) is 0 Å². The molecule has 2 rings (SSSR count). The van der Waals surface area contributed by atoms with Crippen LogP contribution in [0.15, 0.2) is 22.7 Å². The lowest BCUT2D eigenvalue weighted by Gasteiger charge is -2.47. The normalized spacial score (nSPS) is 27.6. The van der Waals surface area contributed by atoms with Gasteiger partial charge in [-0.1, -0.05) is 29.8 Å². The first-order valence-electron chi connectivity index (χ1n) is 6.96. The lowest BCUT2D eigenvalue weighted by atomic mass is 9.92. The van der Waals surface area contributed by atoms with E-state index in [0.717, 1.165) is 36.1 Å². The van der Waals surface area contributed by atoms with Crippen molar-refractivity contribution >= 4 is 21.6 Å². The summed E-state index contributed by atoms with van der Waals surface area (Å²) in [5.74, 6) is -0.145. The summed E-state index contributed by atoms with van der Waals surface area (Å²) in [6, 6.07) is 5.70. The molecule has 2 atom stereocenters. The Morgan fingerprint density at radius 3 is 2.79 bits per heavy atom. The average Bonchev–Trinajstić information content (AvgIpc) is 2.39. The van der Waals surface area contributed by atoms with Crippen LogP contribution in [0, 0.1) is 5.82 Å². The molecule has 106 valence electrons. The van der Waals surface area contributed by atoms with Crippen LogP contribution in [0.25, 0.3) is 0 Å². The second-order valence-corrected chi connectivity index (χ2v) is 6.50. The maximum absolute atomic E-state index is 14.2. The summed E-state index contributed by atoms with van der Waals surface area (Å²) < 4.78 is 15.0. The molecule has 0 radical (unpaired) electrons. The van der Waals surface area contributed by atoms with Crippen molar-refractivity contribution in [3.8, 4) is 0 Å². The lowest BCUT2D eigenvalue weighted by molar-refractivity contribution is 0.274. The van der Waals surface area contributed by atoms with Gasteiger partial charge < -0.3 is 10.2 Å². The van der Waals surface area contributed by atoms with Crippen LogP contribution < -0.4 is 10.2 Å². The monoisotopic (exact) mass is 328 g/mol. The van der Waals surface area contributed by atoms with Gasteiger partial charge in [0.15, 0.2) is 0 Å². The Bertz CT molecular complexity index is 452. The van der Waals surface area contributed by atoms with Gasteiger partial charge in [-0.15, -0.1) is 0 Å². The molecular weight excluding hydrogens is 307 g/mol. The molecule has 1 saturated heterocycles. The first-order chi connectivity index (χ1) is 8.99. The molecule has 1 aliphatic rings. The van der Waals surface area contributed by atoms with Gasteiger partial charge in [0.25, 0.3) is 0 Å². The standard InChI is InChI=1S/C15H22BrFN2/c1-4-12-9-18-15(3,5-2)10-19(12)14-7-6-11(16)8-13(14)17/h6-8,12,18H,4-5,9-10H2,1-3H3. The zero-order valence-corrected chi connectivity index (χ0v) is 13.4. The van der Waals surface area contributed by atoms with Crippen molar-refractivity contribution in [2.75, 3.05) is 18.0 Å². The van der Waals surface area contributed by atoms with Gasteiger partial charge in [-0.25, -0.2) is 4.39 Å². The minimum atomic E-state index is -0.145. The second-order valence-electron chi connectivity index (χ2n) is 5.58. The van der Waals surface area contributed by atoms with Gasteiger partial charge in [-0.2, -0.15) is 0 Å². The van der Waals surface area contributed by atoms with E-state index in [9.17, 15) is 4.39 Å². The van der Waals surface area contributed by atoms with E-state index in [2.05, 4.69) is 46.9 Å². The van der Waals surface area contributed by atoms with Gasteiger partial charge in [0.2, 0.25) is 0 Å². The Morgan fingerprint density at radius 1 is 1.47 bits per heavy atom. The Kier molecular flexibility index (Phi) is 4.51. The maximum Gasteiger partial charge on any atom is 0.147 e. The number of nitrogens with one attached hydrogen (secondary N) is 1. The van der Waals surface area contributed by atoms with Gasteiger partial charge in [0, 0.05) is 29.1 Å². The Balaban J connectivity index is 2.32. The smallest absolute Gasteiger partial charge is 0.147 e. The van der Waals surface area contributed by atoms with Crippen LogP contribution >= 0.6 is 15.9 Å². The van der Waals surface area contributed by atoms with E-state index < -0.39 is 0 Å². The van der Waals surface area contributed by atoms with Gasteiger partial charge in [-0.05, 0) is 38.0 Å². The molecule has 2 unspecified atom stereocenters. The third-order valence-corrected chi connectivity index (χ3v) is 4.69. The maximum atomic E-state index is 14.2. The largest absolute Gasteiger partial charge is 0.363 e. The van der Waals surface area contributed by atoms with Gasteiger partial charge >= 0.3 is 0 Å². The Hall–Kier alpha value is -0.610. The van der Waals surface area contributed by atoms with Crippen LogP contribution in [0.4, 0.5) is 10.1 Å². The summed E-state index contributed by atoms with van der Waals surface area (Å²) in [6.07, 6.45) is 2.06. The molecule has 0 bridgehead atoms. The molecule has 1 aliphatic heterocycles. The minimum Gasteiger partial charge on any atom is -0.363 e. The predicted octanol–water partition coefficient (Wildman–Crippen LogP) is 3.95. The second kappa shape index (κ2) is 5.80. The minimum absolute atomic E-state index is 0.0607. The molecule has 2 nitrogen and oxygen atoms in total. The van der Waals surface area contributed by atoms with Crippen molar-refractivity contribution in [2.45, 2.75) is 45.2 Å². The number of anilines is 1. The number of nitrogens with zero attached hydrogens (tertiary/aromatic N) is 1. The molecule has 1 fully saturated rings. The molecule has 0 saturated carbocycles. The molecule has 0 aromatic heterocycles. The Labute approximate surface area is 123 Å². The van der Waals surface area contributed by atoms with Crippen molar-refractivity contribution in [3.05, 3.63) is 28.5 Å². The zero-order valence-electron chi connectivity index (χ0n) is 11.8. The SMILES string of the molecule is CCC1CNC(C)(CC)CN1c1ccc(Br)cc1F. The molecule has 1 aromatic rings. The molecule has 0 amide bonds. The molecule has 0 spiro atoms. The third-order valence-electron chi connectivity index (χ3n) is 4.20. The number of halogens is 2. The Morgan fingerprint density at radius 2 is 2.21 bits per heavy atom. The fraction of sp³-hybridized carbons (Fsp3) is 0.600. The van der Waals surface area contributed by atoms with Gasteiger partial charge in [0.1, 0.15) is 5.82 Å². The van der Waals surface area contributed by atoms with Crippen LogP contribution in [0.1, 0.15) is 33.6 Å². The van der Waals surface area contributed by atoms with E-state index in [0.29, 0.717) is 6.04 Å². The fourth-order valence-electron chi connectivity index (χ4n) is 2.63. The molecule has 1 aromatic carbocycles. The molecule has 4 heteroatoms. The van der Waals surface area contributed by atoms with Crippen LogP contribution in [0.2, 0.25) is 0 Å². The van der Waals surface area contributed by atoms with Crippen LogP contribution in [0.5, 0.6) is 0 Å². The summed E-state index contributed by atoms with van der Waals surface area (Å²) >= 11 is 3.32. The van der Waals surface area contributed by atoms with E-state index in [4.69, 9.17) is 0 Å². The van der Waals surface area contributed by atoms with E-state index in [-0.39, 0.29) is 11.4 Å². The molecule has 1 heterocycles. The average molecular weight is 329 g/mol. The first kappa shape index (κ1) is 14.8. The van der Waals surface area contributed by atoms with Crippen molar-refractivity contribution in [1.29, 1.82) is 0 Å². The molecule has 19 heavy (non-hydrogen) atoms. The number of hydrogen-bond acceptors (Lipinski definition) is 2. The van der Waals surface area contributed by atoms with Gasteiger partial charge in [0.05, 0.1) is 5.69 Å². The highest BCUT2D eigenvalue weighted by atomic mass is 79.9. The number of rotatable bonds is 3. The highest BCUT2D eigenvalue weighted by molar-refractivity contribution is 9.10. The summed E-state index contributed by atoms with van der Waals surface area (Å²) in [5.41, 5.74) is 0.779. The highest BCUT2D eigenvalue weighted by Gasteiger charge is 2.34. The summed E-state index contributed by atoms with van der Waals surface area (Å²) in [6.45, 7) is 8.31. The van der Waals surface area contributed by atoms with Gasteiger partial charge in [-0.3, -0.25) is 0 Å². The zero-order chi connectivity index (χ0) is 14.0. The third kappa shape index (κ3) is 3.11. The number of piperazine rings is 1. The van der Waals surface area contributed by atoms with E-state index in [1.165, 1.54) is 0 Å². The highest BCUT2D eigenvalue weighted by Crippen LogP contribution is 2.30. The first-order valence-corrected chi connectivity index (χ1v) is 7.75. The van der Waals surface area contributed by atoms with E-state index in [1.807, 2.05) is 12.1 Å². The molecular formula is C15H22BrFN2. The topological polar surface area (TPSA) is 15.3 Å². The van der Waals surface area contributed by atoms with Crippen molar-refractivity contribution < 1.29 is 4.39 Å². The number of benzene rings is 1. The molecule has 1 N–H and O–H groups in total. The van der Waals surface area contributed by atoms with E-state index in [1.54, 1.807) is 6.07 Å². The van der Waals surface area contributed by atoms with Crippen molar-refractivity contribution in [2.24, 2.45) is 0 Å². The summed E-state index contributed by atoms with van der Waals surface area (Å²) in [5, 5.41) is 3.60. The van der Waals surface area contributed by atoms with E-state index >= 15 is 0 Å². The lowest BCUT2D eigenvalue weighted by Crippen LogP contribution is -2.63.